The minimum absolute atomic E-state index is 0.517. The number of halogens is 1. The fraction of sp³-hybridized carbons (Fsp3) is 0.222. The van der Waals surface area contributed by atoms with Gasteiger partial charge >= 0.3 is 0 Å². The number of benzene rings is 1. The SMILES string of the molecule is CN=C(N)c1ccc(OC)c(Br)c1. The molecule has 0 unspecified atom stereocenters. The Labute approximate surface area is 85.7 Å². The Kier molecular flexibility index (Phi) is 3.31. The van der Waals surface area contributed by atoms with Gasteiger partial charge in [-0.05, 0) is 34.1 Å². The van der Waals surface area contributed by atoms with E-state index in [0.717, 1.165) is 15.8 Å². The summed E-state index contributed by atoms with van der Waals surface area (Å²) in [6.07, 6.45) is 0. The van der Waals surface area contributed by atoms with Crippen LogP contribution in [0.15, 0.2) is 27.7 Å². The number of ether oxygens (including phenoxy) is 1. The van der Waals surface area contributed by atoms with E-state index in [2.05, 4.69) is 20.9 Å². The molecule has 0 aliphatic carbocycles. The van der Waals surface area contributed by atoms with Crippen molar-refractivity contribution in [3.05, 3.63) is 28.2 Å². The molecule has 0 aliphatic heterocycles. The van der Waals surface area contributed by atoms with E-state index in [9.17, 15) is 0 Å². The van der Waals surface area contributed by atoms with Gasteiger partial charge in [0.25, 0.3) is 0 Å². The van der Waals surface area contributed by atoms with Crippen molar-refractivity contribution in [3.8, 4) is 5.75 Å². The number of nitrogens with two attached hydrogens (primary N) is 1. The highest BCUT2D eigenvalue weighted by molar-refractivity contribution is 9.10. The second kappa shape index (κ2) is 4.28. The third kappa shape index (κ3) is 2.21. The minimum atomic E-state index is 0.517. The van der Waals surface area contributed by atoms with Crippen LogP contribution >= 0.6 is 15.9 Å². The van der Waals surface area contributed by atoms with Crippen LogP contribution in [0.3, 0.4) is 0 Å². The Hall–Kier alpha value is -1.03. The highest BCUT2D eigenvalue weighted by Crippen LogP contribution is 2.25. The first-order valence-corrected chi connectivity index (χ1v) is 4.54. The van der Waals surface area contributed by atoms with E-state index >= 15 is 0 Å². The maximum atomic E-state index is 5.64. The van der Waals surface area contributed by atoms with Crippen molar-refractivity contribution in [2.45, 2.75) is 0 Å². The Morgan fingerprint density at radius 1 is 1.54 bits per heavy atom. The molecule has 13 heavy (non-hydrogen) atoms. The summed E-state index contributed by atoms with van der Waals surface area (Å²) in [7, 11) is 3.28. The predicted molar refractivity (Wildman–Crippen MR) is 57.3 cm³/mol. The predicted octanol–water partition coefficient (Wildman–Crippen LogP) is 1.79. The van der Waals surface area contributed by atoms with Gasteiger partial charge in [-0.25, -0.2) is 0 Å². The second-order valence-electron chi connectivity index (χ2n) is 2.46. The lowest BCUT2D eigenvalue weighted by molar-refractivity contribution is 0.412. The van der Waals surface area contributed by atoms with Crippen molar-refractivity contribution in [2.24, 2.45) is 10.7 Å². The molecule has 0 radical (unpaired) electrons. The van der Waals surface area contributed by atoms with Gasteiger partial charge in [-0.15, -0.1) is 0 Å². The molecule has 0 atom stereocenters. The van der Waals surface area contributed by atoms with Crippen LogP contribution in [0.5, 0.6) is 5.75 Å². The van der Waals surface area contributed by atoms with E-state index in [1.54, 1.807) is 14.2 Å². The van der Waals surface area contributed by atoms with Crippen LogP contribution < -0.4 is 10.5 Å². The van der Waals surface area contributed by atoms with Crippen LogP contribution in [0, 0.1) is 0 Å². The fourth-order valence-corrected chi connectivity index (χ4v) is 1.50. The Bertz CT molecular complexity index is 336. The van der Waals surface area contributed by atoms with Crippen molar-refractivity contribution in [2.75, 3.05) is 14.2 Å². The van der Waals surface area contributed by atoms with E-state index < -0.39 is 0 Å². The molecule has 70 valence electrons. The largest absolute Gasteiger partial charge is 0.496 e. The van der Waals surface area contributed by atoms with Crippen LogP contribution in [-0.4, -0.2) is 20.0 Å². The monoisotopic (exact) mass is 242 g/mol. The van der Waals surface area contributed by atoms with Gasteiger partial charge < -0.3 is 10.5 Å². The molecule has 1 aromatic carbocycles. The quantitative estimate of drug-likeness (QED) is 0.635. The molecular formula is C9H11BrN2O. The molecule has 1 rings (SSSR count). The first-order chi connectivity index (χ1) is 6.19. The molecule has 0 saturated heterocycles. The molecule has 0 saturated carbocycles. The summed E-state index contributed by atoms with van der Waals surface area (Å²) in [5.74, 6) is 1.30. The summed E-state index contributed by atoms with van der Waals surface area (Å²) in [5, 5.41) is 0. The molecule has 0 fully saturated rings. The number of nitrogens with zero attached hydrogens (tertiary/aromatic N) is 1. The zero-order valence-electron chi connectivity index (χ0n) is 7.54. The molecule has 4 heteroatoms. The van der Waals surface area contributed by atoms with Crippen molar-refractivity contribution < 1.29 is 4.74 Å². The van der Waals surface area contributed by atoms with E-state index in [-0.39, 0.29) is 0 Å². The number of hydrogen-bond acceptors (Lipinski definition) is 2. The zero-order chi connectivity index (χ0) is 9.84. The third-order valence-electron chi connectivity index (χ3n) is 1.69. The number of rotatable bonds is 2. The lowest BCUT2D eigenvalue weighted by Crippen LogP contribution is -2.12. The van der Waals surface area contributed by atoms with Crippen LogP contribution in [0.2, 0.25) is 0 Å². The van der Waals surface area contributed by atoms with E-state index in [0.29, 0.717) is 5.84 Å². The van der Waals surface area contributed by atoms with Gasteiger partial charge in [0.15, 0.2) is 0 Å². The van der Waals surface area contributed by atoms with Crippen molar-refractivity contribution in [3.63, 3.8) is 0 Å². The molecule has 3 nitrogen and oxygen atoms in total. The molecule has 1 aromatic rings. The van der Waals surface area contributed by atoms with Crippen LogP contribution in [0.25, 0.3) is 0 Å². The molecule has 0 amide bonds. The molecular weight excluding hydrogens is 232 g/mol. The molecule has 0 aliphatic rings. The highest BCUT2D eigenvalue weighted by atomic mass is 79.9. The van der Waals surface area contributed by atoms with E-state index in [4.69, 9.17) is 10.5 Å². The topological polar surface area (TPSA) is 47.6 Å². The number of aliphatic imine (C=N–C) groups is 1. The van der Waals surface area contributed by atoms with Gasteiger partial charge in [-0.1, -0.05) is 0 Å². The smallest absolute Gasteiger partial charge is 0.133 e. The van der Waals surface area contributed by atoms with Gasteiger partial charge in [0, 0.05) is 12.6 Å². The van der Waals surface area contributed by atoms with Gasteiger partial charge in [-0.2, -0.15) is 0 Å². The van der Waals surface area contributed by atoms with Crippen LogP contribution in [0.1, 0.15) is 5.56 Å². The maximum Gasteiger partial charge on any atom is 0.133 e. The number of amidine groups is 1. The average molecular weight is 243 g/mol. The van der Waals surface area contributed by atoms with E-state index in [1.165, 1.54) is 0 Å². The van der Waals surface area contributed by atoms with Crippen molar-refractivity contribution >= 4 is 21.8 Å². The summed E-state index contributed by atoms with van der Waals surface area (Å²) < 4.78 is 5.96. The first-order valence-electron chi connectivity index (χ1n) is 3.75. The van der Waals surface area contributed by atoms with Crippen LogP contribution in [-0.2, 0) is 0 Å². The van der Waals surface area contributed by atoms with Gasteiger partial charge in [0.1, 0.15) is 11.6 Å². The standard InChI is InChI=1S/C9H11BrN2O/c1-12-9(11)6-3-4-8(13-2)7(10)5-6/h3-5H,1-2H3,(H2,11,12). The summed E-state index contributed by atoms with van der Waals surface area (Å²) in [4.78, 5) is 3.89. The average Bonchev–Trinajstić information content (AvgIpc) is 2.16. The molecule has 0 spiro atoms. The number of hydrogen-bond donors (Lipinski definition) is 1. The first kappa shape index (κ1) is 10.1. The van der Waals surface area contributed by atoms with Gasteiger partial charge in [0.2, 0.25) is 0 Å². The zero-order valence-corrected chi connectivity index (χ0v) is 9.13. The summed E-state index contributed by atoms with van der Waals surface area (Å²) in [5.41, 5.74) is 6.53. The summed E-state index contributed by atoms with van der Waals surface area (Å²) >= 11 is 3.37. The van der Waals surface area contributed by atoms with Crippen molar-refractivity contribution in [1.29, 1.82) is 0 Å². The maximum absolute atomic E-state index is 5.64. The van der Waals surface area contributed by atoms with Crippen molar-refractivity contribution in [1.82, 2.24) is 0 Å². The van der Waals surface area contributed by atoms with Gasteiger partial charge in [-0.3, -0.25) is 4.99 Å². The lowest BCUT2D eigenvalue weighted by Gasteiger charge is -2.05. The number of methoxy groups -OCH3 is 1. The Morgan fingerprint density at radius 3 is 2.69 bits per heavy atom. The fourth-order valence-electron chi connectivity index (χ4n) is 0.955. The third-order valence-corrected chi connectivity index (χ3v) is 2.31. The molecule has 0 heterocycles. The summed E-state index contributed by atoms with van der Waals surface area (Å²) in [6, 6.07) is 5.59. The van der Waals surface area contributed by atoms with E-state index in [1.807, 2.05) is 18.2 Å². The normalized spacial score (nSPS) is 11.5. The minimum Gasteiger partial charge on any atom is -0.496 e. The second-order valence-corrected chi connectivity index (χ2v) is 3.31. The lowest BCUT2D eigenvalue weighted by atomic mass is 10.2. The molecule has 0 aromatic heterocycles. The van der Waals surface area contributed by atoms with Gasteiger partial charge in [0.05, 0.1) is 11.6 Å². The molecule has 0 bridgehead atoms. The summed E-state index contributed by atoms with van der Waals surface area (Å²) in [6.45, 7) is 0. The highest BCUT2D eigenvalue weighted by Gasteiger charge is 2.02. The Balaban J connectivity index is 3.10. The molecule has 2 N–H and O–H groups in total. The van der Waals surface area contributed by atoms with Crippen LogP contribution in [0.4, 0.5) is 0 Å². The Morgan fingerprint density at radius 2 is 2.23 bits per heavy atom.